The molecule has 31 heteroatoms. The van der Waals surface area contributed by atoms with Gasteiger partial charge in [0.05, 0.1) is 38.6 Å². The first-order valence-electron chi connectivity index (χ1n) is 18.4. The molecule has 62 heavy (non-hydrogen) atoms. The van der Waals surface area contributed by atoms with Gasteiger partial charge in [-0.3, -0.25) is 46.7 Å². The summed E-state index contributed by atoms with van der Waals surface area (Å²) >= 11 is 9.27. The number of carbonyl (C=O) groups excluding carboxylic acids is 3. The van der Waals surface area contributed by atoms with Crippen LogP contribution in [-0.4, -0.2) is 132 Å². The summed E-state index contributed by atoms with van der Waals surface area (Å²) in [6, 6.07) is 0. The Balaban J connectivity index is 0.859. The highest BCUT2D eigenvalue weighted by Crippen LogP contribution is 2.58. The van der Waals surface area contributed by atoms with E-state index in [0.29, 0.717) is 12.1 Å². The van der Waals surface area contributed by atoms with E-state index in [9.17, 15) is 23.8 Å². The van der Waals surface area contributed by atoms with Gasteiger partial charge in [-0.1, -0.05) is 17.5 Å². The number of carbonyl (C=O) groups is 3. The first-order valence-corrected chi connectivity index (χ1v) is 23.7. The van der Waals surface area contributed by atoms with Crippen molar-refractivity contribution in [2.45, 2.75) is 75.1 Å². The molecule has 3 fully saturated rings. The number of imide groups is 1. The van der Waals surface area contributed by atoms with Gasteiger partial charge in [0.15, 0.2) is 53.2 Å². The Bertz CT molecular complexity index is 2690. The number of alkyl halides is 2. The maximum absolute atomic E-state index is 16.5. The molecule has 10 atom stereocenters. The molecule has 3 saturated heterocycles. The number of imidazole rings is 2. The number of hydrogen-bond donors (Lipinski definition) is 4. The van der Waals surface area contributed by atoms with Crippen molar-refractivity contribution in [2.75, 3.05) is 24.3 Å². The minimum absolute atomic E-state index is 0.00190. The molecule has 0 bridgehead atoms. The zero-order valence-electron chi connectivity index (χ0n) is 31.4. The molecule has 0 aromatic carbocycles. The van der Waals surface area contributed by atoms with Crippen LogP contribution in [0.25, 0.3) is 22.3 Å². The molecule has 0 saturated carbocycles. The number of rotatable bonds is 9. The number of thiol groups is 1. The highest BCUT2D eigenvalue weighted by molar-refractivity contribution is 8.44. The van der Waals surface area contributed by atoms with Gasteiger partial charge in [-0.2, -0.15) is 0 Å². The monoisotopic (exact) mass is 940 g/mol. The number of amides is 3. The van der Waals surface area contributed by atoms with Crippen molar-refractivity contribution in [2.24, 2.45) is 0 Å². The van der Waals surface area contributed by atoms with Gasteiger partial charge in [-0.15, -0.1) is 5.10 Å². The lowest BCUT2D eigenvalue weighted by atomic mass is 10.1. The highest BCUT2D eigenvalue weighted by Gasteiger charge is 2.54. The third kappa shape index (κ3) is 8.37. The highest BCUT2D eigenvalue weighted by atomic mass is 32.7. The molecule has 3 amide bonds. The number of anilines is 2. The predicted molar refractivity (Wildman–Crippen MR) is 210 cm³/mol. The van der Waals surface area contributed by atoms with Crippen LogP contribution in [0, 0.1) is 0 Å². The number of nitrogens with two attached hydrogens (primary N) is 1. The first-order chi connectivity index (χ1) is 29.6. The normalized spacial score (nSPS) is 31.6. The fourth-order valence-electron chi connectivity index (χ4n) is 7.11. The van der Waals surface area contributed by atoms with Gasteiger partial charge in [0.2, 0.25) is 5.91 Å². The maximum atomic E-state index is 16.5. The van der Waals surface area contributed by atoms with Crippen molar-refractivity contribution in [1.29, 1.82) is 0 Å². The Labute approximate surface area is 356 Å². The molecule has 0 aliphatic carbocycles. The summed E-state index contributed by atoms with van der Waals surface area (Å²) in [5, 5.41) is 10.6. The summed E-state index contributed by atoms with van der Waals surface area (Å²) in [5.41, 5.74) is 6.64. The van der Waals surface area contributed by atoms with Crippen molar-refractivity contribution >= 4 is 89.3 Å². The fourth-order valence-corrected chi connectivity index (χ4v) is 10.0. The van der Waals surface area contributed by atoms with Crippen LogP contribution in [0.5, 0.6) is 0 Å². The van der Waals surface area contributed by atoms with Gasteiger partial charge in [0.25, 0.3) is 11.8 Å². The van der Waals surface area contributed by atoms with E-state index in [-0.39, 0.29) is 53.5 Å². The van der Waals surface area contributed by atoms with Crippen LogP contribution in [-0.2, 0) is 71.4 Å². The Morgan fingerprint density at radius 3 is 2.23 bits per heavy atom. The molecule has 9 heterocycles. The standard InChI is InChI=1S/C31H32F2N14O11P2S2/c32-20-24-15(55-30(20)46-12-39-22-26(34)35-10-37-28(22)46)8-53-60(52,62)58-25-16(9-54-59(51,61)57-24)56-31(21(25)33)47-13-40-23-27(36-11-38-29(23)47)41-17(48)2-1-5-44-6-14(42-43-44)7-45-18(49)3-4-19(45)50/h3-4,6,10-13,15-16,20-21,24-25,30-31H,1-2,5,7-9H2,(H,51,61)(H,52,62)(H2,34,35,37)(H,36,38,41,48)/t15-,16?,20-,21-,24-,25-,30-,31-,59?,60?/m1/s1. The van der Waals surface area contributed by atoms with E-state index in [2.05, 4.69) is 57.8 Å². The van der Waals surface area contributed by atoms with Gasteiger partial charge in [-0.25, -0.2) is 43.2 Å². The zero-order chi connectivity index (χ0) is 43.5. The summed E-state index contributed by atoms with van der Waals surface area (Å²) in [6.07, 6.45) is -4.55. The third-order valence-electron chi connectivity index (χ3n) is 10.00. The van der Waals surface area contributed by atoms with Gasteiger partial charge < -0.3 is 29.9 Å². The number of nitrogens with zero attached hydrogens (tertiary/aromatic N) is 12. The molecular formula is C31H32F2N14O11P2S2. The van der Waals surface area contributed by atoms with E-state index in [1.165, 1.54) is 38.6 Å². The van der Waals surface area contributed by atoms with Crippen LogP contribution in [0.4, 0.5) is 20.4 Å². The SMILES string of the molecule is Nc1ncnc2c1ncn2[C@@H]1O[C@@H]2COP(O)(=S)O[C@@H]3C(COP(=O)(S)O[C@H]2[C@H]1F)O[C@@H](n1cnc2c(NC(=O)CCCn4cc(CN5C(=O)C=CC5=O)nn4)ncnc21)[C@@H]3F. The predicted octanol–water partition coefficient (Wildman–Crippen LogP) is 1.23. The molecule has 3 unspecified atom stereocenters. The maximum Gasteiger partial charge on any atom is 0.386 e. The number of aryl methyl sites for hydroxylation is 1. The fraction of sp³-hybridized carbons (Fsp3) is 0.452. The Morgan fingerprint density at radius 1 is 0.919 bits per heavy atom. The van der Waals surface area contributed by atoms with E-state index in [1.54, 1.807) is 6.20 Å². The lowest BCUT2D eigenvalue weighted by molar-refractivity contribution is -0.137. The molecule has 9 rings (SSSR count). The number of ether oxygens (including phenoxy) is 2. The second kappa shape index (κ2) is 16.7. The third-order valence-corrected chi connectivity index (χ3v) is 13.2. The van der Waals surface area contributed by atoms with Crippen molar-refractivity contribution < 1.29 is 60.2 Å². The second-order valence-corrected chi connectivity index (χ2v) is 19.7. The van der Waals surface area contributed by atoms with Crippen LogP contribution in [0.3, 0.4) is 0 Å². The molecule has 5 aromatic heterocycles. The summed E-state index contributed by atoms with van der Waals surface area (Å²) in [4.78, 5) is 73.4. The van der Waals surface area contributed by atoms with Crippen LogP contribution < -0.4 is 11.1 Å². The van der Waals surface area contributed by atoms with Crippen molar-refractivity contribution in [3.63, 3.8) is 0 Å². The Morgan fingerprint density at radius 2 is 1.53 bits per heavy atom. The van der Waals surface area contributed by atoms with Gasteiger partial charge in [0, 0.05) is 25.1 Å². The summed E-state index contributed by atoms with van der Waals surface area (Å²) < 4.78 is 84.2. The molecular weight excluding hydrogens is 909 g/mol. The molecule has 328 valence electrons. The lowest BCUT2D eigenvalue weighted by Gasteiger charge is -2.29. The zero-order valence-corrected chi connectivity index (χ0v) is 34.9. The van der Waals surface area contributed by atoms with Crippen molar-refractivity contribution in [1.82, 2.24) is 58.9 Å². The smallest absolute Gasteiger partial charge is 0.382 e. The molecule has 4 aliphatic heterocycles. The van der Waals surface area contributed by atoms with Crippen LogP contribution in [0.2, 0.25) is 0 Å². The molecule has 5 aromatic rings. The van der Waals surface area contributed by atoms with Crippen molar-refractivity contribution in [3.8, 4) is 0 Å². The summed E-state index contributed by atoms with van der Waals surface area (Å²) in [5.74, 6) is -1.32. The van der Waals surface area contributed by atoms with Gasteiger partial charge in [-0.05, 0) is 18.2 Å². The second-order valence-electron chi connectivity index (χ2n) is 14.0. The van der Waals surface area contributed by atoms with E-state index in [0.717, 1.165) is 17.6 Å². The average Bonchev–Trinajstić information content (AvgIpc) is 4.09. The average molecular weight is 941 g/mol. The van der Waals surface area contributed by atoms with Crippen LogP contribution in [0.15, 0.2) is 43.7 Å². The topological polar surface area (TPSA) is 303 Å². The van der Waals surface area contributed by atoms with E-state index in [1.807, 2.05) is 0 Å². The van der Waals surface area contributed by atoms with E-state index in [4.69, 9.17) is 45.1 Å². The summed E-state index contributed by atoms with van der Waals surface area (Å²) in [6.45, 7) is -10.0. The first kappa shape index (κ1) is 42.5. The number of nitrogens with one attached hydrogen (secondary N) is 1. The van der Waals surface area contributed by atoms with Crippen molar-refractivity contribution in [3.05, 3.63) is 49.4 Å². The quantitative estimate of drug-likeness (QED) is 0.0917. The number of nitrogen functional groups attached to an aromatic ring is 1. The number of aromatic nitrogens is 11. The van der Waals surface area contributed by atoms with E-state index >= 15 is 8.78 Å². The minimum Gasteiger partial charge on any atom is -0.382 e. The van der Waals surface area contributed by atoms with Crippen LogP contribution in [0.1, 0.15) is 31.0 Å². The summed E-state index contributed by atoms with van der Waals surface area (Å²) in [7, 11) is 0. The van der Waals surface area contributed by atoms with Gasteiger partial charge >= 0.3 is 13.5 Å². The number of hydrogen-bond acceptors (Lipinski definition) is 20. The number of fused-ring (bicyclic) bond motifs is 4. The lowest BCUT2D eigenvalue weighted by Crippen LogP contribution is -2.37. The molecule has 4 N–H and O–H groups in total. The largest absolute Gasteiger partial charge is 0.386 e. The van der Waals surface area contributed by atoms with Gasteiger partial charge in [0.1, 0.15) is 48.3 Å². The van der Waals surface area contributed by atoms with E-state index < -0.39 is 93.7 Å². The molecule has 25 nitrogen and oxygen atoms in total. The molecule has 0 spiro atoms. The molecule has 0 radical (unpaired) electrons. The Hall–Kier alpha value is -4.80. The Kier molecular flexibility index (Phi) is 11.5. The minimum atomic E-state index is -4.48. The number of halogens is 2. The molecule has 4 aliphatic rings. The van der Waals surface area contributed by atoms with Crippen LogP contribution >= 0.6 is 25.8 Å².